The summed E-state index contributed by atoms with van der Waals surface area (Å²) in [6.07, 6.45) is 1.34. The maximum atomic E-state index is 12.2. The second kappa shape index (κ2) is 11.9. The molecule has 0 radical (unpaired) electrons. The molecule has 0 heterocycles. The van der Waals surface area contributed by atoms with Crippen LogP contribution in [0.1, 0.15) is 6.92 Å². The molecule has 172 valence electrons. The van der Waals surface area contributed by atoms with Crippen molar-refractivity contribution in [3.05, 3.63) is 11.8 Å². The highest BCUT2D eigenvalue weighted by molar-refractivity contribution is 6.87. The van der Waals surface area contributed by atoms with E-state index in [-0.39, 0.29) is 32.0 Å². The van der Waals surface area contributed by atoms with E-state index in [1.54, 1.807) is 6.92 Å². The minimum Gasteiger partial charge on any atom is -0.488 e. The van der Waals surface area contributed by atoms with Gasteiger partial charge in [0.1, 0.15) is 6.61 Å². The lowest BCUT2D eigenvalue weighted by Crippen LogP contribution is -2.61. The van der Waals surface area contributed by atoms with Crippen molar-refractivity contribution < 1.29 is 36.1 Å². The van der Waals surface area contributed by atoms with Gasteiger partial charge in [-0.15, -0.1) is 0 Å². The third-order valence-electron chi connectivity index (χ3n) is 2.69. The Bertz CT molecular complexity index is 494. The molecule has 0 spiro atoms. The maximum absolute atomic E-state index is 12.2. The second-order valence-electron chi connectivity index (χ2n) is 9.53. The number of hydrogen-bond donors (Lipinski definition) is 1. The molecule has 0 aliphatic heterocycles. The van der Waals surface area contributed by atoms with Crippen LogP contribution in [-0.4, -0.2) is 71.5 Å². The van der Waals surface area contributed by atoms with Gasteiger partial charge in [0.2, 0.25) is 0 Å². The van der Waals surface area contributed by atoms with Crippen molar-refractivity contribution in [2.45, 2.75) is 65.8 Å². The number of carbonyl (C=O) groups is 1. The zero-order chi connectivity index (χ0) is 22.9. The summed E-state index contributed by atoms with van der Waals surface area (Å²) < 4.78 is 35.4. The number of aliphatic hydroxyl groups excluding tert-OH is 1. The lowest BCUT2D eigenvalue weighted by molar-refractivity contribution is -0.140. The summed E-state index contributed by atoms with van der Waals surface area (Å²) in [5, 5.41) is 8.67. The zero-order valence-electron chi connectivity index (χ0n) is 19.7. The van der Waals surface area contributed by atoms with Gasteiger partial charge in [0.05, 0.1) is 31.7 Å². The Hall–Kier alpha value is -0.322. The number of ether oxygens (including phenoxy) is 2. The summed E-state index contributed by atoms with van der Waals surface area (Å²) in [7, 11) is -9.74. The van der Waals surface area contributed by atoms with Gasteiger partial charge in [-0.1, -0.05) is 0 Å². The third-order valence-corrected chi connectivity index (χ3v) is 13.4. The Morgan fingerprint density at radius 3 is 1.62 bits per heavy atom. The Labute approximate surface area is 180 Å². The minimum absolute atomic E-state index is 0.0707. The molecule has 0 saturated heterocycles. The highest BCUT2D eigenvalue weighted by Gasteiger charge is 2.55. The summed E-state index contributed by atoms with van der Waals surface area (Å²) in [6.45, 7) is 20.5. The fraction of sp³-hybridized carbons (Fsp3) is 0.824. The Morgan fingerprint density at radius 1 is 0.793 bits per heavy atom. The summed E-state index contributed by atoms with van der Waals surface area (Å²) in [5.41, 5.74) is 0.279. The SMILES string of the molecule is CC(=CO[Si](O[Si](C)(C)C)(O[Si](C)(C)C)O[Si](C)(C)C)C(=O)OCCOCCO. The van der Waals surface area contributed by atoms with Crippen LogP contribution in [0.3, 0.4) is 0 Å². The highest BCUT2D eigenvalue weighted by Crippen LogP contribution is 2.27. The van der Waals surface area contributed by atoms with Gasteiger partial charge in [-0.3, -0.25) is 0 Å². The number of rotatable bonds is 14. The molecule has 0 aromatic rings. The first-order chi connectivity index (χ1) is 13.0. The molecule has 29 heavy (non-hydrogen) atoms. The topological polar surface area (TPSA) is 92.7 Å². The first-order valence-corrected chi connectivity index (χ1v) is 21.7. The molecule has 0 saturated carbocycles. The van der Waals surface area contributed by atoms with Gasteiger partial charge < -0.3 is 31.4 Å². The normalized spacial score (nSPS) is 14.1. The van der Waals surface area contributed by atoms with Crippen LogP contribution >= 0.6 is 0 Å². The van der Waals surface area contributed by atoms with Gasteiger partial charge in [-0.2, -0.15) is 0 Å². The van der Waals surface area contributed by atoms with E-state index in [2.05, 4.69) is 58.9 Å². The van der Waals surface area contributed by atoms with Crippen LogP contribution in [0.2, 0.25) is 58.9 Å². The van der Waals surface area contributed by atoms with Crippen molar-refractivity contribution in [1.29, 1.82) is 0 Å². The number of carbonyl (C=O) groups excluding carboxylic acids is 1. The van der Waals surface area contributed by atoms with Crippen LogP contribution in [-0.2, 0) is 31.0 Å². The molecule has 0 atom stereocenters. The van der Waals surface area contributed by atoms with Crippen LogP contribution in [0.25, 0.3) is 0 Å². The molecule has 0 fully saturated rings. The lowest BCUT2D eigenvalue weighted by Gasteiger charge is -2.39. The smallest absolute Gasteiger partial charge is 0.488 e. The van der Waals surface area contributed by atoms with Crippen molar-refractivity contribution in [2.24, 2.45) is 0 Å². The maximum Gasteiger partial charge on any atom is 0.717 e. The predicted octanol–water partition coefficient (Wildman–Crippen LogP) is 3.45. The highest BCUT2D eigenvalue weighted by atomic mass is 28.5. The van der Waals surface area contributed by atoms with Gasteiger partial charge in [-0.25, -0.2) is 4.79 Å². The fourth-order valence-corrected chi connectivity index (χ4v) is 13.5. The summed E-state index contributed by atoms with van der Waals surface area (Å²) >= 11 is 0. The molecule has 0 bridgehead atoms. The van der Waals surface area contributed by atoms with Crippen LogP contribution in [0, 0.1) is 0 Å². The minimum atomic E-state index is -3.51. The van der Waals surface area contributed by atoms with E-state index in [1.807, 2.05) is 0 Å². The van der Waals surface area contributed by atoms with Gasteiger partial charge in [0.25, 0.3) is 0 Å². The van der Waals surface area contributed by atoms with Crippen molar-refractivity contribution in [3.8, 4) is 0 Å². The number of hydrogen-bond acceptors (Lipinski definition) is 8. The average Bonchev–Trinajstić information content (AvgIpc) is 2.47. The van der Waals surface area contributed by atoms with Gasteiger partial charge in [-0.05, 0) is 65.8 Å². The molecule has 0 amide bonds. The first-order valence-electron chi connectivity index (χ1n) is 9.79. The van der Waals surface area contributed by atoms with E-state index in [0.717, 1.165) is 0 Å². The molecular formula is C17H40O8Si4. The molecular weight excluding hydrogens is 445 g/mol. The molecule has 8 nitrogen and oxygen atoms in total. The molecule has 12 heteroatoms. The van der Waals surface area contributed by atoms with Crippen LogP contribution in [0.5, 0.6) is 0 Å². The van der Waals surface area contributed by atoms with E-state index in [4.69, 9.17) is 31.4 Å². The van der Waals surface area contributed by atoms with E-state index in [0.29, 0.717) is 0 Å². The van der Waals surface area contributed by atoms with Crippen molar-refractivity contribution >= 4 is 40.0 Å². The van der Waals surface area contributed by atoms with Crippen LogP contribution in [0.4, 0.5) is 0 Å². The third kappa shape index (κ3) is 15.2. The summed E-state index contributed by atoms with van der Waals surface area (Å²) in [4.78, 5) is 12.2. The van der Waals surface area contributed by atoms with Crippen LogP contribution in [0.15, 0.2) is 11.8 Å². The fourth-order valence-electron chi connectivity index (χ4n) is 1.94. The largest absolute Gasteiger partial charge is 0.717 e. The van der Waals surface area contributed by atoms with Crippen molar-refractivity contribution in [3.63, 3.8) is 0 Å². The van der Waals surface area contributed by atoms with Gasteiger partial charge in [0.15, 0.2) is 25.0 Å². The van der Waals surface area contributed by atoms with E-state index in [1.165, 1.54) is 6.26 Å². The first kappa shape index (κ1) is 28.7. The van der Waals surface area contributed by atoms with E-state index in [9.17, 15) is 4.79 Å². The van der Waals surface area contributed by atoms with Crippen molar-refractivity contribution in [2.75, 3.05) is 26.4 Å². The Kier molecular flexibility index (Phi) is 11.8. The summed E-state index contributed by atoms with van der Waals surface area (Å²) in [5.74, 6) is -0.519. The van der Waals surface area contributed by atoms with E-state index >= 15 is 0 Å². The zero-order valence-corrected chi connectivity index (χ0v) is 23.7. The Balaban J connectivity index is 5.44. The lowest BCUT2D eigenvalue weighted by atomic mass is 10.3. The molecule has 0 aliphatic rings. The van der Waals surface area contributed by atoms with Gasteiger partial charge in [0, 0.05) is 0 Å². The molecule has 0 unspecified atom stereocenters. The van der Waals surface area contributed by atoms with E-state index < -0.39 is 40.0 Å². The number of aliphatic hydroxyl groups is 1. The van der Waals surface area contributed by atoms with Crippen molar-refractivity contribution in [1.82, 2.24) is 0 Å². The molecule has 0 aliphatic carbocycles. The standard InChI is InChI=1S/C17H40O8Si4/c1-16(17(19)21-14-13-20-12-11-18)15-22-29(23-26(2,3)4,24-27(5,6)7)25-28(8,9)10/h15,18H,11-14H2,1-10H3. The molecule has 1 N–H and O–H groups in total. The quantitative estimate of drug-likeness (QED) is 0.132. The van der Waals surface area contributed by atoms with Crippen LogP contribution < -0.4 is 0 Å². The second-order valence-corrected chi connectivity index (χ2v) is 25.9. The average molecular weight is 485 g/mol. The molecule has 0 aromatic carbocycles. The predicted molar refractivity (Wildman–Crippen MR) is 123 cm³/mol. The number of esters is 1. The monoisotopic (exact) mass is 484 g/mol. The Morgan fingerprint density at radius 2 is 1.24 bits per heavy atom. The molecule has 0 rings (SSSR count). The molecule has 0 aromatic heterocycles. The summed E-state index contributed by atoms with van der Waals surface area (Å²) in [6, 6.07) is 0. The van der Waals surface area contributed by atoms with Gasteiger partial charge >= 0.3 is 15.0 Å².